The number of hydrogen-bond donors (Lipinski definition) is 1. The Morgan fingerprint density at radius 3 is 2.23 bits per heavy atom. The Hall–Kier alpha value is -3.29. The zero-order valence-corrected chi connectivity index (χ0v) is 16.7. The van der Waals surface area contributed by atoms with Crippen LogP contribution in [0, 0.1) is 11.6 Å². The van der Waals surface area contributed by atoms with Crippen molar-refractivity contribution in [3.8, 4) is 5.75 Å². The SMILES string of the molecule is CCCOc1ccc(C(=O)CCC(=O)OC(C)C(=O)Nc2c(F)cccc2F)cc1. The van der Waals surface area contributed by atoms with Gasteiger partial charge in [0.2, 0.25) is 0 Å². The fraction of sp³-hybridized carbons (Fsp3) is 0.318. The van der Waals surface area contributed by atoms with E-state index in [9.17, 15) is 23.2 Å². The second-order valence-corrected chi connectivity index (χ2v) is 6.51. The molecule has 6 nitrogen and oxygen atoms in total. The van der Waals surface area contributed by atoms with E-state index in [0.717, 1.165) is 24.6 Å². The standard InChI is InChI=1S/C22H23F2NO5/c1-3-13-29-16-9-7-15(8-10-16)19(26)11-12-20(27)30-14(2)22(28)25-21-17(23)5-4-6-18(21)24/h4-10,14H,3,11-13H2,1-2H3,(H,25,28). The molecule has 0 heterocycles. The van der Waals surface area contributed by atoms with E-state index in [1.54, 1.807) is 24.3 Å². The van der Waals surface area contributed by atoms with Gasteiger partial charge in [-0.15, -0.1) is 0 Å². The van der Waals surface area contributed by atoms with E-state index >= 15 is 0 Å². The van der Waals surface area contributed by atoms with Crippen molar-refractivity contribution < 1.29 is 32.6 Å². The summed E-state index contributed by atoms with van der Waals surface area (Å²) < 4.78 is 37.6. The van der Waals surface area contributed by atoms with E-state index in [1.807, 2.05) is 12.2 Å². The lowest BCUT2D eigenvalue weighted by Gasteiger charge is -2.14. The third-order valence-electron chi connectivity index (χ3n) is 4.09. The Labute approximate surface area is 173 Å². The highest BCUT2D eigenvalue weighted by molar-refractivity contribution is 5.98. The van der Waals surface area contributed by atoms with Crippen LogP contribution in [0.5, 0.6) is 5.75 Å². The maximum Gasteiger partial charge on any atom is 0.307 e. The highest BCUT2D eigenvalue weighted by atomic mass is 19.1. The van der Waals surface area contributed by atoms with Gasteiger partial charge in [-0.3, -0.25) is 14.4 Å². The summed E-state index contributed by atoms with van der Waals surface area (Å²) >= 11 is 0. The molecule has 2 aromatic carbocycles. The lowest BCUT2D eigenvalue weighted by molar-refractivity contribution is -0.153. The van der Waals surface area contributed by atoms with Gasteiger partial charge in [-0.2, -0.15) is 0 Å². The Balaban J connectivity index is 1.81. The molecule has 0 bridgehead atoms. The van der Waals surface area contributed by atoms with Crippen LogP contribution >= 0.6 is 0 Å². The molecule has 8 heteroatoms. The van der Waals surface area contributed by atoms with Crippen LogP contribution in [0.2, 0.25) is 0 Å². The number of para-hydroxylation sites is 1. The van der Waals surface area contributed by atoms with Crippen LogP contribution in [-0.2, 0) is 14.3 Å². The van der Waals surface area contributed by atoms with Crippen molar-refractivity contribution in [2.24, 2.45) is 0 Å². The van der Waals surface area contributed by atoms with Crippen LogP contribution < -0.4 is 10.1 Å². The Morgan fingerprint density at radius 2 is 1.63 bits per heavy atom. The molecule has 1 unspecified atom stereocenters. The molecule has 0 aromatic heterocycles. The average Bonchev–Trinajstić information content (AvgIpc) is 2.73. The topological polar surface area (TPSA) is 81.7 Å². The highest BCUT2D eigenvalue weighted by Crippen LogP contribution is 2.19. The van der Waals surface area contributed by atoms with Gasteiger partial charge in [-0.25, -0.2) is 8.78 Å². The molecule has 0 radical (unpaired) electrons. The number of halogens is 2. The number of ether oxygens (including phenoxy) is 2. The molecule has 1 atom stereocenters. The lowest BCUT2D eigenvalue weighted by Crippen LogP contribution is -2.30. The van der Waals surface area contributed by atoms with Crippen molar-refractivity contribution in [1.82, 2.24) is 0 Å². The first-order chi connectivity index (χ1) is 14.3. The van der Waals surface area contributed by atoms with E-state index in [2.05, 4.69) is 0 Å². The number of amides is 1. The van der Waals surface area contributed by atoms with Gasteiger partial charge in [0, 0.05) is 12.0 Å². The van der Waals surface area contributed by atoms with Gasteiger partial charge in [-0.1, -0.05) is 13.0 Å². The minimum Gasteiger partial charge on any atom is -0.494 e. The van der Waals surface area contributed by atoms with Gasteiger partial charge >= 0.3 is 5.97 Å². The first kappa shape index (κ1) is 23.0. The van der Waals surface area contributed by atoms with Crippen LogP contribution in [0.3, 0.4) is 0 Å². The summed E-state index contributed by atoms with van der Waals surface area (Å²) in [6.45, 7) is 3.83. The first-order valence-corrected chi connectivity index (χ1v) is 9.52. The first-order valence-electron chi connectivity index (χ1n) is 9.52. The van der Waals surface area contributed by atoms with Crippen molar-refractivity contribution in [2.75, 3.05) is 11.9 Å². The normalized spacial score (nSPS) is 11.5. The van der Waals surface area contributed by atoms with E-state index in [0.29, 0.717) is 17.9 Å². The maximum atomic E-state index is 13.6. The molecule has 0 saturated carbocycles. The quantitative estimate of drug-likeness (QED) is 0.459. The Morgan fingerprint density at radius 1 is 1.00 bits per heavy atom. The van der Waals surface area contributed by atoms with Gasteiger partial charge < -0.3 is 14.8 Å². The summed E-state index contributed by atoms with van der Waals surface area (Å²) in [7, 11) is 0. The second kappa shape index (κ2) is 11.0. The second-order valence-electron chi connectivity index (χ2n) is 6.51. The fourth-order valence-electron chi connectivity index (χ4n) is 2.47. The van der Waals surface area contributed by atoms with Gasteiger partial charge in [-0.05, 0) is 49.7 Å². The molecule has 0 aliphatic rings. The molecule has 0 aliphatic heterocycles. The number of ketones is 1. The number of carbonyl (C=O) groups is 3. The number of anilines is 1. The van der Waals surface area contributed by atoms with Crippen molar-refractivity contribution in [3.63, 3.8) is 0 Å². The third kappa shape index (κ3) is 6.65. The molecule has 0 aliphatic carbocycles. The maximum absolute atomic E-state index is 13.6. The number of Topliss-reactive ketones (excluding diaryl/α,β-unsaturated/α-hetero) is 1. The fourth-order valence-corrected chi connectivity index (χ4v) is 2.47. The Bertz CT molecular complexity index is 879. The number of benzene rings is 2. The number of carbonyl (C=O) groups excluding carboxylic acids is 3. The largest absolute Gasteiger partial charge is 0.494 e. The molecule has 1 N–H and O–H groups in total. The van der Waals surface area contributed by atoms with Gasteiger partial charge in [0.1, 0.15) is 23.1 Å². The summed E-state index contributed by atoms with van der Waals surface area (Å²) in [5, 5.41) is 2.05. The molecular formula is C22H23F2NO5. The average molecular weight is 419 g/mol. The molecule has 2 rings (SSSR count). The highest BCUT2D eigenvalue weighted by Gasteiger charge is 2.21. The molecule has 0 saturated heterocycles. The summed E-state index contributed by atoms with van der Waals surface area (Å²) in [5.74, 6) is -3.17. The van der Waals surface area contributed by atoms with Crippen LogP contribution in [0.25, 0.3) is 0 Å². The third-order valence-corrected chi connectivity index (χ3v) is 4.09. The smallest absolute Gasteiger partial charge is 0.307 e. The molecule has 0 fully saturated rings. The summed E-state index contributed by atoms with van der Waals surface area (Å²) in [6.07, 6.45) is -0.765. The predicted octanol–water partition coefficient (Wildman–Crippen LogP) is 4.29. The molecule has 160 valence electrons. The number of esters is 1. The van der Waals surface area contributed by atoms with Gasteiger partial charge in [0.15, 0.2) is 11.9 Å². The minimum absolute atomic E-state index is 0.107. The van der Waals surface area contributed by atoms with Crippen molar-refractivity contribution >= 4 is 23.3 Å². The monoisotopic (exact) mass is 419 g/mol. The van der Waals surface area contributed by atoms with Crippen LogP contribution in [0.15, 0.2) is 42.5 Å². The van der Waals surface area contributed by atoms with E-state index < -0.39 is 35.3 Å². The van der Waals surface area contributed by atoms with Gasteiger partial charge in [0.05, 0.1) is 13.0 Å². The number of nitrogens with one attached hydrogen (secondary N) is 1. The van der Waals surface area contributed by atoms with Crippen molar-refractivity contribution in [2.45, 2.75) is 39.2 Å². The van der Waals surface area contributed by atoms with Crippen LogP contribution in [-0.4, -0.2) is 30.4 Å². The molecule has 0 spiro atoms. The van der Waals surface area contributed by atoms with Crippen LogP contribution in [0.4, 0.5) is 14.5 Å². The molecule has 30 heavy (non-hydrogen) atoms. The lowest BCUT2D eigenvalue weighted by atomic mass is 10.1. The van der Waals surface area contributed by atoms with Crippen molar-refractivity contribution in [1.29, 1.82) is 0 Å². The Kier molecular flexibility index (Phi) is 8.46. The molecular weight excluding hydrogens is 396 g/mol. The number of hydrogen-bond acceptors (Lipinski definition) is 5. The zero-order chi connectivity index (χ0) is 22.1. The van der Waals surface area contributed by atoms with Crippen LogP contribution in [0.1, 0.15) is 43.5 Å². The minimum atomic E-state index is -1.29. The van der Waals surface area contributed by atoms with Crippen molar-refractivity contribution in [3.05, 3.63) is 59.7 Å². The van der Waals surface area contributed by atoms with E-state index in [-0.39, 0.29) is 18.6 Å². The molecule has 1 amide bonds. The zero-order valence-electron chi connectivity index (χ0n) is 16.7. The summed E-state index contributed by atoms with van der Waals surface area (Å²) in [6, 6.07) is 9.71. The summed E-state index contributed by atoms with van der Waals surface area (Å²) in [5.41, 5.74) is -0.195. The van der Waals surface area contributed by atoms with E-state index in [1.165, 1.54) is 6.92 Å². The molecule has 2 aromatic rings. The number of rotatable bonds is 10. The van der Waals surface area contributed by atoms with E-state index in [4.69, 9.17) is 9.47 Å². The summed E-state index contributed by atoms with van der Waals surface area (Å²) in [4.78, 5) is 36.1. The van der Waals surface area contributed by atoms with Gasteiger partial charge in [0.25, 0.3) is 5.91 Å². The predicted molar refractivity (Wildman–Crippen MR) is 106 cm³/mol.